The zero-order valence-corrected chi connectivity index (χ0v) is 25.7. The molecule has 3 atom stereocenters. The molecule has 9 rings (SSSR count). The maximum atomic E-state index is 14.8. The van der Waals surface area contributed by atoms with Crippen molar-refractivity contribution in [1.82, 2.24) is 39.2 Å². The molecule has 12 nitrogen and oxygen atoms in total. The maximum absolute atomic E-state index is 14.8. The van der Waals surface area contributed by atoms with E-state index < -0.39 is 17.7 Å². The van der Waals surface area contributed by atoms with Crippen LogP contribution in [0.3, 0.4) is 0 Å². The Bertz CT molecular complexity index is 2200. The summed E-state index contributed by atoms with van der Waals surface area (Å²) < 4.78 is 38.0. The smallest absolute Gasteiger partial charge is 0.245 e. The van der Waals surface area contributed by atoms with Gasteiger partial charge in [0.2, 0.25) is 5.91 Å². The molecule has 6 aromatic rings. The van der Waals surface area contributed by atoms with E-state index in [2.05, 4.69) is 36.0 Å². The van der Waals surface area contributed by atoms with Gasteiger partial charge in [-0.15, -0.1) is 0 Å². The number of fused-ring (bicyclic) bond motifs is 8. The zero-order chi connectivity index (χ0) is 32.4. The average molecular weight is 649 g/mol. The van der Waals surface area contributed by atoms with Crippen LogP contribution in [-0.2, 0) is 16.1 Å². The SMILES string of the molecule is O=C1[C@@H]2C[C@@H](CN2c2ncnc3c2cnn3-c2ccc(F)cc2F)Nc2cccc(n2)-c2cccc3ncn(c23)C[C@@H]2COCCN1C2. The summed E-state index contributed by atoms with van der Waals surface area (Å²) >= 11 is 0. The minimum atomic E-state index is -0.765. The highest BCUT2D eigenvalue weighted by molar-refractivity contribution is 5.93. The molecule has 14 heteroatoms. The van der Waals surface area contributed by atoms with Crippen molar-refractivity contribution >= 4 is 39.6 Å². The third-order valence-electron chi connectivity index (χ3n) is 9.46. The Balaban J connectivity index is 1.14. The van der Waals surface area contributed by atoms with Crippen LogP contribution in [0.4, 0.5) is 20.4 Å². The fourth-order valence-electron chi connectivity index (χ4n) is 7.32. The number of aromatic nitrogens is 7. The molecule has 48 heavy (non-hydrogen) atoms. The third-order valence-corrected chi connectivity index (χ3v) is 9.46. The number of pyridine rings is 1. The number of rotatable bonds is 2. The molecule has 3 aliphatic heterocycles. The fourth-order valence-corrected chi connectivity index (χ4v) is 7.32. The van der Waals surface area contributed by atoms with Gasteiger partial charge in [-0.05, 0) is 36.8 Å². The van der Waals surface area contributed by atoms with Gasteiger partial charge >= 0.3 is 0 Å². The summed E-state index contributed by atoms with van der Waals surface area (Å²) in [5.74, 6) is -0.235. The van der Waals surface area contributed by atoms with Gasteiger partial charge < -0.3 is 24.4 Å². The zero-order valence-electron chi connectivity index (χ0n) is 25.7. The number of ether oxygens (including phenoxy) is 1. The first-order valence-electron chi connectivity index (χ1n) is 16.0. The van der Waals surface area contributed by atoms with E-state index in [0.717, 1.165) is 28.4 Å². The molecule has 2 aromatic carbocycles. The van der Waals surface area contributed by atoms with Gasteiger partial charge in [-0.3, -0.25) is 4.79 Å². The highest BCUT2D eigenvalue weighted by atomic mass is 19.1. The second-order valence-electron chi connectivity index (χ2n) is 12.5. The van der Waals surface area contributed by atoms with Gasteiger partial charge in [0, 0.05) is 49.8 Å². The molecule has 6 bridgehead atoms. The summed E-state index contributed by atoms with van der Waals surface area (Å²) in [5.41, 5.74) is 4.09. The normalized spacial score (nSPS) is 21.2. The van der Waals surface area contributed by atoms with Crippen molar-refractivity contribution < 1.29 is 18.3 Å². The number of hydrogen-bond acceptors (Lipinski definition) is 9. The molecule has 0 saturated carbocycles. The molecule has 0 unspecified atom stereocenters. The van der Waals surface area contributed by atoms with Crippen LogP contribution < -0.4 is 10.2 Å². The van der Waals surface area contributed by atoms with Crippen molar-refractivity contribution in [3.8, 4) is 16.9 Å². The van der Waals surface area contributed by atoms with Gasteiger partial charge in [0.25, 0.3) is 0 Å². The van der Waals surface area contributed by atoms with E-state index in [1.54, 1.807) is 6.20 Å². The first-order chi connectivity index (χ1) is 23.5. The van der Waals surface area contributed by atoms with Crippen LogP contribution in [0.15, 0.2) is 73.4 Å². The molecule has 0 spiro atoms. The monoisotopic (exact) mass is 648 g/mol. The highest BCUT2D eigenvalue weighted by Gasteiger charge is 2.41. The molecule has 4 aromatic heterocycles. The molecule has 0 radical (unpaired) electrons. The number of para-hydroxylation sites is 1. The number of halogens is 2. The molecule has 1 N–H and O–H groups in total. The van der Waals surface area contributed by atoms with Gasteiger partial charge in [0.05, 0.1) is 47.9 Å². The van der Waals surface area contributed by atoms with Crippen molar-refractivity contribution in [2.24, 2.45) is 5.92 Å². The second-order valence-corrected chi connectivity index (χ2v) is 12.5. The van der Waals surface area contributed by atoms with E-state index in [1.165, 1.54) is 23.1 Å². The lowest BCUT2D eigenvalue weighted by molar-refractivity contribution is -0.132. The minimum absolute atomic E-state index is 0.0220. The van der Waals surface area contributed by atoms with Crippen LogP contribution in [0.2, 0.25) is 0 Å². The minimum Gasteiger partial charge on any atom is -0.379 e. The summed E-state index contributed by atoms with van der Waals surface area (Å²) in [6, 6.07) is 14.6. The first kappa shape index (κ1) is 28.7. The molecule has 3 aliphatic rings. The van der Waals surface area contributed by atoms with Crippen LogP contribution in [0, 0.1) is 17.6 Å². The van der Waals surface area contributed by atoms with E-state index in [9.17, 15) is 13.6 Å². The summed E-state index contributed by atoms with van der Waals surface area (Å²) in [5, 5.41) is 8.54. The Morgan fingerprint density at radius 2 is 1.90 bits per heavy atom. The van der Waals surface area contributed by atoms with Crippen LogP contribution in [-0.4, -0.2) is 90.0 Å². The Kier molecular flexibility index (Phi) is 6.78. The van der Waals surface area contributed by atoms with E-state index in [0.29, 0.717) is 68.5 Å². The third kappa shape index (κ3) is 4.82. The van der Waals surface area contributed by atoms with Crippen molar-refractivity contribution in [1.29, 1.82) is 0 Å². The molecule has 2 fully saturated rings. The Labute approximate surface area is 273 Å². The number of anilines is 2. The molecule has 242 valence electrons. The number of hydrogen-bond donors (Lipinski definition) is 1. The van der Waals surface area contributed by atoms with Crippen molar-refractivity contribution in [2.45, 2.75) is 25.0 Å². The lowest BCUT2D eigenvalue weighted by Crippen LogP contribution is -2.48. The predicted octanol–water partition coefficient (Wildman–Crippen LogP) is 4.05. The first-order valence-corrected chi connectivity index (χ1v) is 16.0. The summed E-state index contributed by atoms with van der Waals surface area (Å²) in [6.45, 7) is 3.02. The molecular formula is C34H30F2N10O2. The summed E-state index contributed by atoms with van der Waals surface area (Å²) in [4.78, 5) is 37.2. The van der Waals surface area contributed by atoms with E-state index in [4.69, 9.17) is 9.72 Å². The van der Waals surface area contributed by atoms with Gasteiger partial charge in [0.15, 0.2) is 11.5 Å². The van der Waals surface area contributed by atoms with Gasteiger partial charge in [-0.25, -0.2) is 33.4 Å². The van der Waals surface area contributed by atoms with Gasteiger partial charge in [-0.1, -0.05) is 18.2 Å². The van der Waals surface area contributed by atoms with Gasteiger partial charge in [0.1, 0.15) is 35.5 Å². The highest BCUT2D eigenvalue weighted by Crippen LogP contribution is 2.34. The van der Waals surface area contributed by atoms with Crippen LogP contribution >= 0.6 is 0 Å². The van der Waals surface area contributed by atoms with Crippen LogP contribution in [0.5, 0.6) is 0 Å². The lowest BCUT2D eigenvalue weighted by atomic mass is 10.1. The Hall–Kier alpha value is -5.50. The lowest BCUT2D eigenvalue weighted by Gasteiger charge is -2.31. The van der Waals surface area contributed by atoms with Crippen LogP contribution in [0.25, 0.3) is 39.0 Å². The van der Waals surface area contributed by atoms with Crippen molar-refractivity contribution in [3.63, 3.8) is 0 Å². The maximum Gasteiger partial charge on any atom is 0.245 e. The molecule has 7 heterocycles. The van der Waals surface area contributed by atoms with E-state index in [1.807, 2.05) is 46.5 Å². The predicted molar refractivity (Wildman–Crippen MR) is 174 cm³/mol. The Morgan fingerprint density at radius 3 is 2.81 bits per heavy atom. The van der Waals surface area contributed by atoms with Crippen LogP contribution in [0.1, 0.15) is 6.42 Å². The van der Waals surface area contributed by atoms with Gasteiger partial charge in [-0.2, -0.15) is 5.10 Å². The van der Waals surface area contributed by atoms with Crippen molar-refractivity contribution in [2.75, 3.05) is 43.1 Å². The number of nitrogens with one attached hydrogen (secondary N) is 1. The number of benzene rings is 2. The standard InChI is InChI=1S/C34H30F2N10O2/c35-21-7-8-28(25(36)11-21)46-33-24(13-40-46)32(37-18-38-33)45-16-22-12-29(45)34(47)43-9-10-48-17-20(14-43)15-44-19-39-27-5-1-3-23(31(27)44)26-4-2-6-30(41-22)42-26/h1-8,11,13,18-20,22,29H,9-10,12,14-17H2,(H,41,42)/t20-,22+,29+/m1/s1. The topological polar surface area (TPSA) is 119 Å². The number of carbonyl (C=O) groups is 1. The average Bonchev–Trinajstić information content (AvgIpc) is 3.78. The number of carbonyl (C=O) groups excluding carboxylic acids is 1. The Morgan fingerprint density at radius 1 is 0.979 bits per heavy atom. The number of imidazole rings is 1. The second kappa shape index (κ2) is 11.3. The largest absolute Gasteiger partial charge is 0.379 e. The number of nitrogens with zero attached hydrogens (tertiary/aromatic N) is 9. The van der Waals surface area contributed by atoms with E-state index >= 15 is 0 Å². The van der Waals surface area contributed by atoms with Crippen molar-refractivity contribution in [3.05, 3.63) is 85.1 Å². The molecule has 2 saturated heterocycles. The van der Waals surface area contributed by atoms with E-state index in [-0.39, 0.29) is 23.6 Å². The quantitative estimate of drug-likeness (QED) is 0.297. The molecule has 0 aliphatic carbocycles. The molecular weight excluding hydrogens is 618 g/mol. The summed E-state index contributed by atoms with van der Waals surface area (Å²) in [7, 11) is 0. The number of amides is 1. The fraction of sp³-hybridized carbons (Fsp3) is 0.294. The summed E-state index contributed by atoms with van der Waals surface area (Å²) in [6.07, 6.45) is 5.30. The molecule has 1 amide bonds.